The van der Waals surface area contributed by atoms with Gasteiger partial charge in [0.05, 0.1) is 5.69 Å². The van der Waals surface area contributed by atoms with Gasteiger partial charge in [-0.3, -0.25) is 4.79 Å². The minimum atomic E-state index is -0.593. The molecular formula is C19H17N3O3. The van der Waals surface area contributed by atoms with E-state index in [9.17, 15) is 9.59 Å². The summed E-state index contributed by atoms with van der Waals surface area (Å²) >= 11 is 0. The molecule has 6 heteroatoms. The van der Waals surface area contributed by atoms with Crippen molar-refractivity contribution in [2.24, 2.45) is 0 Å². The van der Waals surface area contributed by atoms with Gasteiger partial charge in [-0.2, -0.15) is 5.10 Å². The Morgan fingerprint density at radius 2 is 1.68 bits per heavy atom. The Balaban J connectivity index is 1.99. The zero-order chi connectivity index (χ0) is 17.6. The van der Waals surface area contributed by atoms with Crippen LogP contribution in [-0.2, 0) is 9.53 Å². The number of amides is 1. The molecule has 0 saturated carbocycles. The van der Waals surface area contributed by atoms with Crippen LogP contribution in [-0.4, -0.2) is 35.3 Å². The van der Waals surface area contributed by atoms with Gasteiger partial charge in [0.15, 0.2) is 6.61 Å². The Kier molecular flexibility index (Phi) is 4.89. The molecule has 3 rings (SSSR count). The first-order chi connectivity index (χ1) is 12.2. The first-order valence-electron chi connectivity index (χ1n) is 7.77. The Hall–Kier alpha value is -3.41. The van der Waals surface area contributed by atoms with Crippen molar-refractivity contribution in [3.63, 3.8) is 0 Å². The Morgan fingerprint density at radius 3 is 2.32 bits per heavy atom. The number of rotatable bonds is 5. The van der Waals surface area contributed by atoms with E-state index in [0.29, 0.717) is 11.3 Å². The van der Waals surface area contributed by atoms with Crippen LogP contribution in [0.5, 0.6) is 0 Å². The predicted molar refractivity (Wildman–Crippen MR) is 93.3 cm³/mol. The first kappa shape index (κ1) is 16.4. The molecule has 25 heavy (non-hydrogen) atoms. The van der Waals surface area contributed by atoms with Crippen molar-refractivity contribution >= 4 is 11.9 Å². The molecule has 126 valence electrons. The Bertz CT molecular complexity index is 873. The average molecular weight is 335 g/mol. The maximum Gasteiger partial charge on any atom is 0.342 e. The zero-order valence-electron chi connectivity index (χ0n) is 13.7. The summed E-state index contributed by atoms with van der Waals surface area (Å²) in [4.78, 5) is 23.8. The van der Waals surface area contributed by atoms with Gasteiger partial charge in [0.25, 0.3) is 5.91 Å². The fourth-order valence-corrected chi connectivity index (χ4v) is 2.33. The third-order valence-corrected chi connectivity index (χ3v) is 3.62. The number of hydrogen-bond donors (Lipinski definition) is 1. The molecule has 1 amide bonds. The standard InChI is InChI=1S/C19H17N3O3/c1-20-17(23)13-25-19(24)16-12-22(15-10-6-3-7-11-15)21-18(16)14-8-4-2-5-9-14/h2-12H,13H2,1H3,(H,20,23). The van der Waals surface area contributed by atoms with Gasteiger partial charge in [0, 0.05) is 18.8 Å². The molecule has 2 aromatic carbocycles. The van der Waals surface area contributed by atoms with Gasteiger partial charge in [-0.25, -0.2) is 9.48 Å². The molecule has 6 nitrogen and oxygen atoms in total. The lowest BCUT2D eigenvalue weighted by molar-refractivity contribution is -0.123. The molecule has 3 aromatic rings. The van der Waals surface area contributed by atoms with Gasteiger partial charge in [0.1, 0.15) is 11.3 Å². The van der Waals surface area contributed by atoms with Crippen LogP contribution in [0.3, 0.4) is 0 Å². The lowest BCUT2D eigenvalue weighted by Crippen LogP contribution is -2.25. The van der Waals surface area contributed by atoms with Crippen LogP contribution >= 0.6 is 0 Å². The molecule has 0 radical (unpaired) electrons. The van der Waals surface area contributed by atoms with Crippen molar-refractivity contribution in [1.29, 1.82) is 0 Å². The highest BCUT2D eigenvalue weighted by atomic mass is 16.5. The molecule has 0 spiro atoms. The minimum absolute atomic E-state index is 0.305. The Labute approximate surface area is 145 Å². The summed E-state index contributed by atoms with van der Waals surface area (Å²) in [5.41, 5.74) is 2.43. The number of para-hydroxylation sites is 1. The first-order valence-corrected chi connectivity index (χ1v) is 7.77. The van der Waals surface area contributed by atoms with Crippen LogP contribution in [0.15, 0.2) is 66.9 Å². The largest absolute Gasteiger partial charge is 0.452 e. The van der Waals surface area contributed by atoms with E-state index in [1.807, 2.05) is 60.7 Å². The smallest absolute Gasteiger partial charge is 0.342 e. The molecule has 1 aromatic heterocycles. The second kappa shape index (κ2) is 7.44. The second-order valence-electron chi connectivity index (χ2n) is 5.29. The van der Waals surface area contributed by atoms with E-state index in [1.54, 1.807) is 10.9 Å². The summed E-state index contributed by atoms with van der Waals surface area (Å²) in [6.07, 6.45) is 1.61. The number of carbonyl (C=O) groups is 2. The lowest BCUT2D eigenvalue weighted by Gasteiger charge is -2.04. The van der Waals surface area contributed by atoms with Gasteiger partial charge in [0.2, 0.25) is 0 Å². The van der Waals surface area contributed by atoms with Crippen LogP contribution in [0, 0.1) is 0 Å². The number of nitrogens with zero attached hydrogens (tertiary/aromatic N) is 2. The average Bonchev–Trinajstić information content (AvgIpc) is 3.12. The number of aromatic nitrogens is 2. The predicted octanol–water partition coefficient (Wildman–Crippen LogP) is 2.44. The molecule has 0 fully saturated rings. The number of nitrogens with one attached hydrogen (secondary N) is 1. The Morgan fingerprint density at radius 1 is 1.04 bits per heavy atom. The fraction of sp³-hybridized carbons (Fsp3) is 0.105. The van der Waals surface area contributed by atoms with Crippen LogP contribution in [0.1, 0.15) is 10.4 Å². The molecule has 0 aliphatic heterocycles. The number of hydrogen-bond acceptors (Lipinski definition) is 4. The quantitative estimate of drug-likeness (QED) is 0.727. The van der Waals surface area contributed by atoms with Crippen molar-refractivity contribution in [3.05, 3.63) is 72.4 Å². The third kappa shape index (κ3) is 3.74. The summed E-state index contributed by atoms with van der Waals surface area (Å²) < 4.78 is 6.71. The van der Waals surface area contributed by atoms with Crippen LogP contribution in [0.25, 0.3) is 16.9 Å². The van der Waals surface area contributed by atoms with E-state index in [0.717, 1.165) is 11.3 Å². The molecule has 0 aliphatic carbocycles. The van der Waals surface area contributed by atoms with Gasteiger partial charge < -0.3 is 10.1 Å². The zero-order valence-corrected chi connectivity index (χ0v) is 13.7. The van der Waals surface area contributed by atoms with Crippen molar-refractivity contribution in [2.75, 3.05) is 13.7 Å². The van der Waals surface area contributed by atoms with Crippen LogP contribution in [0.2, 0.25) is 0 Å². The molecule has 1 N–H and O–H groups in total. The molecule has 0 unspecified atom stereocenters. The summed E-state index contributed by atoms with van der Waals surface area (Å²) in [5, 5.41) is 6.95. The molecule has 1 heterocycles. The van der Waals surface area contributed by atoms with Gasteiger partial charge >= 0.3 is 5.97 Å². The van der Waals surface area contributed by atoms with E-state index < -0.39 is 5.97 Å². The highest BCUT2D eigenvalue weighted by molar-refractivity contribution is 5.97. The van der Waals surface area contributed by atoms with Crippen molar-refractivity contribution in [2.45, 2.75) is 0 Å². The highest BCUT2D eigenvalue weighted by Gasteiger charge is 2.20. The van der Waals surface area contributed by atoms with Gasteiger partial charge in [-0.05, 0) is 12.1 Å². The maximum atomic E-state index is 12.4. The SMILES string of the molecule is CNC(=O)COC(=O)c1cn(-c2ccccc2)nc1-c1ccccc1. The van der Waals surface area contributed by atoms with Crippen molar-refractivity contribution in [3.8, 4) is 16.9 Å². The molecule has 0 atom stereocenters. The summed E-state index contributed by atoms with van der Waals surface area (Å²) in [6, 6.07) is 18.8. The van der Waals surface area contributed by atoms with E-state index in [4.69, 9.17) is 4.74 Å². The number of carbonyl (C=O) groups excluding carboxylic acids is 2. The fourth-order valence-electron chi connectivity index (χ4n) is 2.33. The molecular weight excluding hydrogens is 318 g/mol. The van der Waals surface area contributed by atoms with Crippen molar-refractivity contribution in [1.82, 2.24) is 15.1 Å². The van der Waals surface area contributed by atoms with Crippen LogP contribution in [0.4, 0.5) is 0 Å². The molecule has 0 saturated heterocycles. The van der Waals surface area contributed by atoms with E-state index in [2.05, 4.69) is 10.4 Å². The van der Waals surface area contributed by atoms with E-state index >= 15 is 0 Å². The maximum absolute atomic E-state index is 12.4. The minimum Gasteiger partial charge on any atom is -0.452 e. The topological polar surface area (TPSA) is 73.2 Å². The van der Waals surface area contributed by atoms with Gasteiger partial charge in [-0.1, -0.05) is 48.5 Å². The summed E-state index contributed by atoms with van der Waals surface area (Å²) in [5.74, 6) is -0.963. The van der Waals surface area contributed by atoms with Gasteiger partial charge in [-0.15, -0.1) is 0 Å². The highest BCUT2D eigenvalue weighted by Crippen LogP contribution is 2.24. The van der Waals surface area contributed by atoms with Crippen molar-refractivity contribution < 1.29 is 14.3 Å². The number of benzene rings is 2. The lowest BCUT2D eigenvalue weighted by atomic mass is 10.1. The number of esters is 1. The van der Waals surface area contributed by atoms with Crippen LogP contribution < -0.4 is 5.32 Å². The summed E-state index contributed by atoms with van der Waals surface area (Å²) in [6.45, 7) is -0.333. The second-order valence-corrected chi connectivity index (χ2v) is 5.29. The van der Waals surface area contributed by atoms with E-state index in [-0.39, 0.29) is 12.5 Å². The van der Waals surface area contributed by atoms with E-state index in [1.165, 1.54) is 7.05 Å². The monoisotopic (exact) mass is 335 g/mol. The molecule has 0 aliphatic rings. The third-order valence-electron chi connectivity index (χ3n) is 3.62. The number of likely N-dealkylation sites (N-methyl/N-ethyl adjacent to an activating group) is 1. The summed E-state index contributed by atoms with van der Waals surface area (Å²) in [7, 11) is 1.49. The normalized spacial score (nSPS) is 10.3. The molecule has 0 bridgehead atoms. The number of ether oxygens (including phenoxy) is 1.